The molecular formula is C49H29N2OP. The Balaban J connectivity index is 1.20. The molecule has 0 N–H and O–H groups in total. The highest BCUT2D eigenvalue weighted by molar-refractivity contribution is 7.86. The molecule has 9 aromatic carbocycles. The van der Waals surface area contributed by atoms with E-state index in [0.29, 0.717) is 0 Å². The molecule has 53 heavy (non-hydrogen) atoms. The van der Waals surface area contributed by atoms with Crippen molar-refractivity contribution in [2.75, 3.05) is 0 Å². The number of imidazole rings is 1. The van der Waals surface area contributed by atoms with Gasteiger partial charge in [-0.25, -0.2) is 4.98 Å². The van der Waals surface area contributed by atoms with Gasteiger partial charge in [0.2, 0.25) is 0 Å². The Labute approximate surface area is 304 Å². The summed E-state index contributed by atoms with van der Waals surface area (Å²) >= 11 is 0. The Morgan fingerprint density at radius 2 is 1.09 bits per heavy atom. The third-order valence-corrected chi connectivity index (χ3v) is 14.7. The predicted octanol–water partition coefficient (Wildman–Crippen LogP) is 11.5. The van der Waals surface area contributed by atoms with Crippen molar-refractivity contribution >= 4 is 93.7 Å². The first-order valence-corrected chi connectivity index (χ1v) is 19.8. The normalized spacial score (nSPS) is 13.5. The maximum absolute atomic E-state index is 15.7. The maximum Gasteiger partial charge on any atom is 0.172 e. The Hall–Kier alpha value is -6.54. The highest BCUT2D eigenvalue weighted by Gasteiger charge is 2.40. The molecule has 4 heteroatoms. The molecule has 3 nitrogen and oxygen atoms in total. The monoisotopic (exact) mass is 692 g/mol. The summed E-state index contributed by atoms with van der Waals surface area (Å²) in [5.74, 6) is 0. The van der Waals surface area contributed by atoms with Gasteiger partial charge >= 0.3 is 0 Å². The molecule has 11 aromatic rings. The summed E-state index contributed by atoms with van der Waals surface area (Å²) < 4.78 is 18.0. The minimum Gasteiger partial charge on any atom is -0.309 e. The third kappa shape index (κ3) is 3.84. The van der Waals surface area contributed by atoms with Crippen LogP contribution in [-0.4, -0.2) is 9.38 Å². The fourth-order valence-electron chi connectivity index (χ4n) is 9.18. The summed E-state index contributed by atoms with van der Waals surface area (Å²) in [6.45, 7) is 0. The fraction of sp³-hybridized carbons (Fsp3) is 0. The van der Waals surface area contributed by atoms with Crippen LogP contribution < -0.4 is 15.9 Å². The molecule has 0 saturated heterocycles. The molecule has 1 aliphatic heterocycles. The lowest BCUT2D eigenvalue weighted by molar-refractivity contribution is 0.593. The Kier molecular flexibility index (Phi) is 5.77. The molecule has 0 bridgehead atoms. The second kappa shape index (κ2) is 10.5. The molecule has 0 aliphatic carbocycles. The number of pyridine rings is 1. The summed E-state index contributed by atoms with van der Waals surface area (Å²) in [5, 5.41) is 13.2. The lowest BCUT2D eigenvalue weighted by Crippen LogP contribution is -2.20. The van der Waals surface area contributed by atoms with Gasteiger partial charge in [0.25, 0.3) is 0 Å². The topological polar surface area (TPSA) is 34.4 Å². The van der Waals surface area contributed by atoms with Crippen molar-refractivity contribution in [3.8, 4) is 22.3 Å². The van der Waals surface area contributed by atoms with E-state index in [1.54, 1.807) is 0 Å². The van der Waals surface area contributed by atoms with Gasteiger partial charge in [-0.1, -0.05) is 133 Å². The summed E-state index contributed by atoms with van der Waals surface area (Å²) in [4.78, 5) is 5.33. The van der Waals surface area contributed by atoms with Crippen molar-refractivity contribution in [1.82, 2.24) is 9.38 Å². The van der Waals surface area contributed by atoms with Gasteiger partial charge in [-0.2, -0.15) is 0 Å². The molecular weight excluding hydrogens is 664 g/mol. The number of nitrogens with zero attached hydrogens (tertiary/aromatic N) is 2. The van der Waals surface area contributed by atoms with Gasteiger partial charge in [0.05, 0.1) is 16.6 Å². The quantitative estimate of drug-likeness (QED) is 0.133. The van der Waals surface area contributed by atoms with Crippen LogP contribution in [0.25, 0.3) is 92.9 Å². The van der Waals surface area contributed by atoms with Gasteiger partial charge in [0.1, 0.15) is 5.65 Å². The van der Waals surface area contributed by atoms with Crippen LogP contribution in [-0.2, 0) is 4.57 Å². The van der Waals surface area contributed by atoms with E-state index in [4.69, 9.17) is 4.98 Å². The van der Waals surface area contributed by atoms with Crippen LogP contribution >= 0.6 is 7.14 Å². The molecule has 0 unspecified atom stereocenters. The molecule has 246 valence electrons. The first-order valence-electron chi connectivity index (χ1n) is 18.1. The molecule has 12 rings (SSSR count). The lowest BCUT2D eigenvalue weighted by Gasteiger charge is -2.18. The second-order valence-corrected chi connectivity index (χ2v) is 16.9. The van der Waals surface area contributed by atoms with Crippen molar-refractivity contribution in [1.29, 1.82) is 0 Å². The van der Waals surface area contributed by atoms with Crippen LogP contribution in [0.15, 0.2) is 176 Å². The van der Waals surface area contributed by atoms with Crippen LogP contribution in [0.4, 0.5) is 0 Å². The van der Waals surface area contributed by atoms with E-state index in [9.17, 15) is 0 Å². The molecule has 3 heterocycles. The number of benzene rings is 9. The van der Waals surface area contributed by atoms with Crippen molar-refractivity contribution in [2.45, 2.75) is 0 Å². The van der Waals surface area contributed by atoms with Gasteiger partial charge < -0.3 is 4.57 Å². The number of hydrogen-bond acceptors (Lipinski definition) is 2. The minimum absolute atomic E-state index is 0.851. The third-order valence-electron chi connectivity index (χ3n) is 11.5. The van der Waals surface area contributed by atoms with E-state index in [2.05, 4.69) is 156 Å². The molecule has 0 spiro atoms. The van der Waals surface area contributed by atoms with Crippen molar-refractivity contribution < 1.29 is 4.57 Å². The number of aromatic nitrogens is 2. The largest absolute Gasteiger partial charge is 0.309 e. The van der Waals surface area contributed by atoms with Crippen LogP contribution in [0, 0.1) is 0 Å². The lowest BCUT2D eigenvalue weighted by atomic mass is 9.93. The first kappa shape index (κ1) is 29.1. The van der Waals surface area contributed by atoms with E-state index in [1.807, 2.05) is 24.3 Å². The van der Waals surface area contributed by atoms with E-state index >= 15 is 4.57 Å². The molecule has 0 amide bonds. The Morgan fingerprint density at radius 1 is 0.434 bits per heavy atom. The molecule has 1 aliphatic rings. The highest BCUT2D eigenvalue weighted by Crippen LogP contribution is 2.52. The Bertz CT molecular complexity index is 3400. The van der Waals surface area contributed by atoms with E-state index < -0.39 is 7.14 Å². The summed E-state index contributed by atoms with van der Waals surface area (Å²) in [6.07, 6.45) is 0. The zero-order valence-electron chi connectivity index (χ0n) is 28.5. The van der Waals surface area contributed by atoms with Crippen LogP contribution in [0.1, 0.15) is 0 Å². The number of hydrogen-bond donors (Lipinski definition) is 0. The zero-order valence-corrected chi connectivity index (χ0v) is 29.4. The summed E-state index contributed by atoms with van der Waals surface area (Å²) in [6, 6.07) is 62.3. The number of rotatable bonds is 2. The fourth-order valence-corrected chi connectivity index (χ4v) is 12.3. The van der Waals surface area contributed by atoms with Crippen molar-refractivity contribution in [2.24, 2.45) is 0 Å². The second-order valence-electron chi connectivity index (χ2n) is 14.2. The van der Waals surface area contributed by atoms with Crippen LogP contribution in [0.2, 0.25) is 0 Å². The molecule has 0 radical (unpaired) electrons. The van der Waals surface area contributed by atoms with Gasteiger partial charge in [0, 0.05) is 32.1 Å². The minimum atomic E-state index is -3.16. The Morgan fingerprint density at radius 3 is 1.89 bits per heavy atom. The zero-order chi connectivity index (χ0) is 34.8. The smallest absolute Gasteiger partial charge is 0.172 e. The van der Waals surface area contributed by atoms with E-state index in [1.165, 1.54) is 32.5 Å². The average Bonchev–Trinajstić information content (AvgIpc) is 3.74. The predicted molar refractivity (Wildman–Crippen MR) is 224 cm³/mol. The van der Waals surface area contributed by atoms with E-state index in [-0.39, 0.29) is 0 Å². The van der Waals surface area contributed by atoms with Gasteiger partial charge in [-0.3, -0.25) is 4.40 Å². The SMILES string of the molecule is O=P1(c2ccc3c(c2)c2c4ccccc4ccc2c2nc4ccc(-c5cc6ccccc6c6ccccc56)cc4n32)c2ccccc2-c2ccccc21. The average molecular weight is 693 g/mol. The maximum atomic E-state index is 15.7. The molecule has 0 saturated carbocycles. The molecule has 0 fully saturated rings. The van der Waals surface area contributed by atoms with Gasteiger partial charge in [-0.15, -0.1) is 0 Å². The standard InChI is InChI=1S/C49H29N2OP/c52-53(46-19-9-7-17-38(46)39-18-8-10-20-47(39)53)33-23-26-44-42(29-33)48-35-14-4-1-11-30(35)21-24-40(48)49-50-43-25-22-32(28-45(43)51(44)49)41-27-31-12-2-3-13-34(31)36-15-5-6-16-37(36)41/h1-29H. The van der Waals surface area contributed by atoms with Crippen LogP contribution in [0.5, 0.6) is 0 Å². The first-order chi connectivity index (χ1) is 26.2. The highest BCUT2D eigenvalue weighted by atomic mass is 31.2. The van der Waals surface area contributed by atoms with Crippen LogP contribution in [0.3, 0.4) is 0 Å². The van der Waals surface area contributed by atoms with Gasteiger partial charge in [0.15, 0.2) is 7.14 Å². The van der Waals surface area contributed by atoms with Crippen molar-refractivity contribution in [3.63, 3.8) is 0 Å². The van der Waals surface area contributed by atoms with E-state index in [0.717, 1.165) is 76.3 Å². The summed E-state index contributed by atoms with van der Waals surface area (Å²) in [5.41, 5.74) is 8.42. The van der Waals surface area contributed by atoms with Crippen molar-refractivity contribution in [3.05, 3.63) is 176 Å². The van der Waals surface area contributed by atoms with Gasteiger partial charge in [-0.05, 0) is 97.0 Å². The summed E-state index contributed by atoms with van der Waals surface area (Å²) in [7, 11) is -3.16. The molecule has 2 aromatic heterocycles. The molecule has 0 atom stereocenters. The number of fused-ring (bicyclic) bond motifs is 16.